The molecule has 0 aliphatic rings. The molecule has 7 rings (SSSR count). The summed E-state index contributed by atoms with van der Waals surface area (Å²) in [4.78, 5) is 4.67. The standard InChI is InChI=1S/C33H23N3/c1-22-32(27-15-9-14-24(18-27)28-19-26-13-6-8-17-30(26)34-21-28)35-36-31(23-10-3-2-4-11-23)20-25-12-5-7-16-29(25)33(22)36/h2-21H,1H3. The van der Waals surface area contributed by atoms with E-state index < -0.39 is 0 Å². The van der Waals surface area contributed by atoms with Crippen LogP contribution in [0.25, 0.3) is 60.8 Å². The largest absolute Gasteiger partial charge is 0.256 e. The number of pyridine rings is 2. The molecule has 3 heteroatoms. The fourth-order valence-electron chi connectivity index (χ4n) is 5.20. The Kier molecular flexibility index (Phi) is 4.68. The molecule has 0 spiro atoms. The second-order valence-corrected chi connectivity index (χ2v) is 9.21. The molecule has 3 heterocycles. The van der Waals surface area contributed by atoms with E-state index in [1.807, 2.05) is 18.3 Å². The first-order valence-electron chi connectivity index (χ1n) is 12.2. The summed E-state index contributed by atoms with van der Waals surface area (Å²) < 4.78 is 2.12. The predicted octanol–water partition coefficient (Wildman–Crippen LogP) is 8.35. The van der Waals surface area contributed by atoms with Gasteiger partial charge in [0.1, 0.15) is 0 Å². The quantitative estimate of drug-likeness (QED) is 0.265. The lowest BCUT2D eigenvalue weighted by atomic mass is 9.99. The predicted molar refractivity (Wildman–Crippen MR) is 149 cm³/mol. The summed E-state index contributed by atoms with van der Waals surface area (Å²) >= 11 is 0. The van der Waals surface area contributed by atoms with Gasteiger partial charge < -0.3 is 0 Å². The van der Waals surface area contributed by atoms with E-state index in [1.54, 1.807) is 0 Å². The molecule has 0 saturated heterocycles. The molecular formula is C33H23N3. The molecule has 0 radical (unpaired) electrons. The van der Waals surface area contributed by atoms with Gasteiger partial charge in [-0.25, -0.2) is 4.52 Å². The zero-order chi connectivity index (χ0) is 24.1. The van der Waals surface area contributed by atoms with Gasteiger partial charge in [0.2, 0.25) is 0 Å². The Hall–Kier alpha value is -4.76. The van der Waals surface area contributed by atoms with Crippen LogP contribution in [0.1, 0.15) is 5.56 Å². The molecule has 0 aliphatic heterocycles. The van der Waals surface area contributed by atoms with Crippen molar-refractivity contribution in [3.63, 3.8) is 0 Å². The smallest absolute Gasteiger partial charge is 0.0963 e. The van der Waals surface area contributed by atoms with Gasteiger partial charge in [-0.3, -0.25) is 4.98 Å². The van der Waals surface area contributed by atoms with Crippen molar-refractivity contribution in [2.24, 2.45) is 0 Å². The normalized spacial score (nSPS) is 11.5. The first kappa shape index (κ1) is 20.6. The number of fused-ring (bicyclic) bond motifs is 4. The Balaban J connectivity index is 1.45. The summed E-state index contributed by atoms with van der Waals surface area (Å²) in [6.45, 7) is 2.18. The Bertz CT molecular complexity index is 1900. The van der Waals surface area contributed by atoms with Crippen molar-refractivity contribution in [1.29, 1.82) is 0 Å². The maximum atomic E-state index is 5.19. The van der Waals surface area contributed by atoms with Crippen LogP contribution in [0.2, 0.25) is 0 Å². The molecule has 4 aromatic carbocycles. The van der Waals surface area contributed by atoms with Crippen molar-refractivity contribution < 1.29 is 0 Å². The van der Waals surface area contributed by atoms with Crippen LogP contribution in [0.3, 0.4) is 0 Å². The topological polar surface area (TPSA) is 30.2 Å². The number of hydrogen-bond acceptors (Lipinski definition) is 2. The Morgan fingerprint density at radius 2 is 1.31 bits per heavy atom. The Morgan fingerprint density at radius 1 is 0.583 bits per heavy atom. The molecule has 0 N–H and O–H groups in total. The highest BCUT2D eigenvalue weighted by atomic mass is 15.2. The van der Waals surface area contributed by atoms with Crippen LogP contribution in [0, 0.1) is 6.92 Å². The summed E-state index contributed by atoms with van der Waals surface area (Å²) in [5, 5.41) is 8.77. The molecular weight excluding hydrogens is 438 g/mol. The molecule has 170 valence electrons. The third-order valence-corrected chi connectivity index (χ3v) is 6.99. The molecule has 0 amide bonds. The highest BCUT2D eigenvalue weighted by Crippen LogP contribution is 2.35. The lowest BCUT2D eigenvalue weighted by Gasteiger charge is -2.09. The minimum absolute atomic E-state index is 0.999. The second kappa shape index (κ2) is 8.17. The van der Waals surface area contributed by atoms with Gasteiger partial charge in [-0.2, -0.15) is 5.10 Å². The number of nitrogens with zero attached hydrogens (tertiary/aromatic N) is 3. The first-order chi connectivity index (χ1) is 17.8. The summed E-state index contributed by atoms with van der Waals surface area (Å²) in [7, 11) is 0. The number of hydrogen-bond donors (Lipinski definition) is 0. The van der Waals surface area contributed by atoms with E-state index in [0.717, 1.165) is 50.1 Å². The van der Waals surface area contributed by atoms with Crippen molar-refractivity contribution in [3.05, 3.63) is 127 Å². The lowest BCUT2D eigenvalue weighted by Crippen LogP contribution is -1.95. The van der Waals surface area contributed by atoms with Crippen molar-refractivity contribution in [2.45, 2.75) is 6.92 Å². The fraction of sp³-hybridized carbons (Fsp3) is 0.0303. The second-order valence-electron chi connectivity index (χ2n) is 9.21. The van der Waals surface area contributed by atoms with E-state index in [1.165, 1.54) is 16.3 Å². The summed E-state index contributed by atoms with van der Waals surface area (Å²) in [5.41, 5.74) is 9.92. The van der Waals surface area contributed by atoms with E-state index in [2.05, 4.69) is 120 Å². The molecule has 36 heavy (non-hydrogen) atoms. The third kappa shape index (κ3) is 3.29. The minimum Gasteiger partial charge on any atom is -0.256 e. The first-order valence-corrected chi connectivity index (χ1v) is 12.2. The van der Waals surface area contributed by atoms with Gasteiger partial charge in [0.15, 0.2) is 0 Å². The van der Waals surface area contributed by atoms with Crippen molar-refractivity contribution in [2.75, 3.05) is 0 Å². The number of benzene rings is 4. The monoisotopic (exact) mass is 461 g/mol. The zero-order valence-electron chi connectivity index (χ0n) is 19.9. The molecule has 0 bridgehead atoms. The van der Waals surface area contributed by atoms with Crippen molar-refractivity contribution in [3.8, 4) is 33.6 Å². The average Bonchev–Trinajstić information content (AvgIpc) is 3.30. The molecule has 3 aromatic heterocycles. The van der Waals surface area contributed by atoms with Crippen LogP contribution in [0.5, 0.6) is 0 Å². The highest BCUT2D eigenvalue weighted by molar-refractivity contribution is 6.01. The summed E-state index contributed by atoms with van der Waals surface area (Å²) in [5.74, 6) is 0. The minimum atomic E-state index is 0.999. The van der Waals surface area contributed by atoms with Crippen LogP contribution < -0.4 is 0 Å². The molecule has 3 nitrogen and oxygen atoms in total. The van der Waals surface area contributed by atoms with Gasteiger partial charge >= 0.3 is 0 Å². The molecule has 0 aliphatic carbocycles. The van der Waals surface area contributed by atoms with E-state index in [9.17, 15) is 0 Å². The molecule has 7 aromatic rings. The zero-order valence-corrected chi connectivity index (χ0v) is 19.9. The Labute approximate surface area is 209 Å². The number of rotatable bonds is 3. The maximum Gasteiger partial charge on any atom is 0.0963 e. The van der Waals surface area contributed by atoms with E-state index in [0.29, 0.717) is 0 Å². The number of para-hydroxylation sites is 1. The van der Waals surface area contributed by atoms with E-state index in [-0.39, 0.29) is 0 Å². The van der Waals surface area contributed by atoms with Gasteiger partial charge in [-0.1, -0.05) is 91.0 Å². The van der Waals surface area contributed by atoms with E-state index in [4.69, 9.17) is 5.10 Å². The average molecular weight is 462 g/mol. The Morgan fingerprint density at radius 3 is 2.19 bits per heavy atom. The third-order valence-electron chi connectivity index (χ3n) is 6.99. The van der Waals surface area contributed by atoms with Crippen molar-refractivity contribution in [1.82, 2.24) is 14.6 Å². The number of aryl methyl sites for hydroxylation is 1. The molecule has 0 saturated carbocycles. The van der Waals surface area contributed by atoms with Crippen LogP contribution in [-0.2, 0) is 0 Å². The van der Waals surface area contributed by atoms with Crippen LogP contribution in [0.4, 0.5) is 0 Å². The molecule has 0 fully saturated rings. The lowest BCUT2D eigenvalue weighted by molar-refractivity contribution is 0.979. The molecule has 0 unspecified atom stereocenters. The number of aromatic nitrogens is 3. The van der Waals surface area contributed by atoms with Gasteiger partial charge in [-0.05, 0) is 42.1 Å². The van der Waals surface area contributed by atoms with Crippen LogP contribution >= 0.6 is 0 Å². The molecule has 0 atom stereocenters. The SMILES string of the molecule is Cc1c(-c2cccc(-c3cnc4ccccc4c3)c2)nn2c(-c3ccccc3)cc3ccccc3c12. The highest BCUT2D eigenvalue weighted by Gasteiger charge is 2.17. The van der Waals surface area contributed by atoms with Crippen molar-refractivity contribution >= 4 is 27.2 Å². The van der Waals surface area contributed by atoms with Gasteiger partial charge in [-0.15, -0.1) is 0 Å². The fourth-order valence-corrected chi connectivity index (χ4v) is 5.20. The van der Waals surface area contributed by atoms with Gasteiger partial charge in [0, 0.05) is 39.2 Å². The van der Waals surface area contributed by atoms with Gasteiger partial charge in [0.05, 0.1) is 22.4 Å². The van der Waals surface area contributed by atoms with E-state index >= 15 is 0 Å². The van der Waals surface area contributed by atoms with Crippen LogP contribution in [0.15, 0.2) is 121 Å². The summed E-state index contributed by atoms with van der Waals surface area (Å²) in [6, 6.07) is 40.4. The van der Waals surface area contributed by atoms with Gasteiger partial charge in [0.25, 0.3) is 0 Å². The maximum absolute atomic E-state index is 5.19. The summed E-state index contributed by atoms with van der Waals surface area (Å²) in [6.07, 6.45) is 1.96. The van der Waals surface area contributed by atoms with Crippen LogP contribution in [-0.4, -0.2) is 14.6 Å².